The monoisotopic (exact) mass is 293 g/mol. The van der Waals surface area contributed by atoms with Crippen LogP contribution in [-0.2, 0) is 15.1 Å². The third kappa shape index (κ3) is 2.75. The normalized spacial score (nSPS) is 28.0. The van der Waals surface area contributed by atoms with Gasteiger partial charge in [-0.1, -0.05) is 12.1 Å². The van der Waals surface area contributed by atoms with Crippen LogP contribution < -0.4 is 0 Å². The maximum absolute atomic E-state index is 13.4. The van der Waals surface area contributed by atoms with Crippen molar-refractivity contribution in [1.82, 2.24) is 4.90 Å². The Morgan fingerprint density at radius 1 is 1.48 bits per heavy atom. The molecule has 2 fully saturated rings. The van der Waals surface area contributed by atoms with Crippen LogP contribution in [0.2, 0.25) is 0 Å². The van der Waals surface area contributed by atoms with Gasteiger partial charge in [0.25, 0.3) is 0 Å². The molecule has 4 nitrogen and oxygen atoms in total. The predicted molar refractivity (Wildman–Crippen MR) is 75.4 cm³/mol. The number of hydrogen-bond acceptors (Lipinski definition) is 3. The van der Waals surface area contributed by atoms with Gasteiger partial charge in [0.1, 0.15) is 23.1 Å². The number of epoxide rings is 1. The van der Waals surface area contributed by atoms with Crippen molar-refractivity contribution in [3.05, 3.63) is 35.6 Å². The first-order valence-corrected chi connectivity index (χ1v) is 7.22. The summed E-state index contributed by atoms with van der Waals surface area (Å²) in [4.78, 5) is 13.7. The molecule has 2 aliphatic rings. The standard InChI is InChI=1S/C16H20FNO3/c1-15(2,3)21-14(19)18-8-7-16(13(10-18)20-16)11-5-4-6-12(17)9-11/h4-6,9,13H,7-8,10H2,1-3H3/t13-,16-/m0/s1. The first kappa shape index (κ1) is 14.3. The second-order valence-electron chi connectivity index (χ2n) is 6.68. The van der Waals surface area contributed by atoms with E-state index in [0.717, 1.165) is 5.56 Å². The van der Waals surface area contributed by atoms with Gasteiger partial charge in [0.15, 0.2) is 0 Å². The van der Waals surface area contributed by atoms with Crippen LogP contribution in [0.5, 0.6) is 0 Å². The minimum atomic E-state index is -0.501. The lowest BCUT2D eigenvalue weighted by atomic mass is 9.89. The number of piperidine rings is 1. The summed E-state index contributed by atoms with van der Waals surface area (Å²) in [5.41, 5.74) is -0.0597. The summed E-state index contributed by atoms with van der Waals surface area (Å²) in [5.74, 6) is -0.259. The molecule has 0 saturated carbocycles. The number of rotatable bonds is 1. The average Bonchev–Trinajstić information content (AvgIpc) is 3.11. The summed E-state index contributed by atoms with van der Waals surface area (Å²) in [6.45, 7) is 6.59. The first-order chi connectivity index (χ1) is 9.80. The molecule has 1 aromatic carbocycles. The number of ether oxygens (including phenoxy) is 2. The molecule has 2 saturated heterocycles. The fraction of sp³-hybridized carbons (Fsp3) is 0.562. The van der Waals surface area contributed by atoms with Gasteiger partial charge < -0.3 is 14.4 Å². The highest BCUT2D eigenvalue weighted by atomic mass is 19.1. The van der Waals surface area contributed by atoms with Crippen molar-refractivity contribution in [2.45, 2.75) is 44.5 Å². The van der Waals surface area contributed by atoms with E-state index in [9.17, 15) is 9.18 Å². The number of nitrogens with zero attached hydrogens (tertiary/aromatic N) is 1. The largest absolute Gasteiger partial charge is 0.444 e. The smallest absolute Gasteiger partial charge is 0.410 e. The van der Waals surface area contributed by atoms with Crippen LogP contribution in [0.3, 0.4) is 0 Å². The number of carbonyl (C=O) groups is 1. The summed E-state index contributed by atoms with van der Waals surface area (Å²) < 4.78 is 24.5. The molecule has 2 aliphatic heterocycles. The number of halogens is 1. The lowest BCUT2D eigenvalue weighted by Crippen LogP contribution is -2.44. The molecule has 0 bridgehead atoms. The first-order valence-electron chi connectivity index (χ1n) is 7.22. The molecule has 1 aromatic rings. The van der Waals surface area contributed by atoms with E-state index in [1.807, 2.05) is 26.8 Å². The molecule has 0 radical (unpaired) electrons. The number of hydrogen-bond donors (Lipinski definition) is 0. The Bertz CT molecular complexity index is 569. The second kappa shape index (κ2) is 4.70. The topological polar surface area (TPSA) is 42.1 Å². The zero-order chi connectivity index (χ0) is 15.3. The summed E-state index contributed by atoms with van der Waals surface area (Å²) >= 11 is 0. The highest BCUT2D eigenvalue weighted by Crippen LogP contribution is 2.52. The average molecular weight is 293 g/mol. The molecule has 0 unspecified atom stereocenters. The maximum atomic E-state index is 13.4. The van der Waals surface area contributed by atoms with Crippen molar-refractivity contribution in [3.8, 4) is 0 Å². The van der Waals surface area contributed by atoms with Crippen LogP contribution in [-0.4, -0.2) is 35.8 Å². The lowest BCUT2D eigenvalue weighted by Gasteiger charge is -2.31. The van der Waals surface area contributed by atoms with Crippen molar-refractivity contribution in [1.29, 1.82) is 0 Å². The molecule has 2 heterocycles. The lowest BCUT2D eigenvalue weighted by molar-refractivity contribution is 0.0217. The molecule has 0 aromatic heterocycles. The predicted octanol–water partition coefficient (Wildman–Crippen LogP) is 3.06. The molecule has 0 N–H and O–H groups in total. The highest BCUT2D eigenvalue weighted by molar-refractivity contribution is 5.68. The van der Waals surface area contributed by atoms with Gasteiger partial charge in [-0.3, -0.25) is 0 Å². The number of benzene rings is 1. The van der Waals surface area contributed by atoms with Crippen LogP contribution >= 0.6 is 0 Å². The van der Waals surface area contributed by atoms with E-state index in [1.54, 1.807) is 11.0 Å². The third-order valence-electron chi connectivity index (χ3n) is 3.92. The summed E-state index contributed by atoms with van der Waals surface area (Å²) in [5, 5.41) is 0. The van der Waals surface area contributed by atoms with E-state index in [2.05, 4.69) is 0 Å². The number of carbonyl (C=O) groups excluding carboxylic acids is 1. The van der Waals surface area contributed by atoms with E-state index in [1.165, 1.54) is 12.1 Å². The van der Waals surface area contributed by atoms with Crippen LogP contribution in [0, 0.1) is 5.82 Å². The number of amides is 1. The minimum absolute atomic E-state index is 0.0689. The zero-order valence-electron chi connectivity index (χ0n) is 12.6. The molecule has 21 heavy (non-hydrogen) atoms. The van der Waals surface area contributed by atoms with Gasteiger partial charge in [-0.25, -0.2) is 9.18 Å². The van der Waals surface area contributed by atoms with Crippen LogP contribution in [0.15, 0.2) is 24.3 Å². The molecular weight excluding hydrogens is 273 g/mol. The molecule has 1 amide bonds. The fourth-order valence-corrected chi connectivity index (χ4v) is 2.86. The Kier molecular flexibility index (Phi) is 3.20. The van der Waals surface area contributed by atoms with Crippen LogP contribution in [0.25, 0.3) is 0 Å². The van der Waals surface area contributed by atoms with Gasteiger partial charge in [0, 0.05) is 13.0 Å². The Balaban J connectivity index is 1.67. The van der Waals surface area contributed by atoms with Gasteiger partial charge in [-0.05, 0) is 38.5 Å². The maximum Gasteiger partial charge on any atom is 0.410 e. The van der Waals surface area contributed by atoms with Gasteiger partial charge in [-0.15, -0.1) is 0 Å². The van der Waals surface area contributed by atoms with E-state index in [0.29, 0.717) is 19.5 Å². The molecule has 0 aliphatic carbocycles. The SMILES string of the molecule is CC(C)(C)OC(=O)N1CC[C@@]2(c3cccc(F)c3)O[C@H]2C1. The third-order valence-corrected chi connectivity index (χ3v) is 3.92. The molecule has 5 heteroatoms. The van der Waals surface area contributed by atoms with E-state index >= 15 is 0 Å². The fourth-order valence-electron chi connectivity index (χ4n) is 2.86. The summed E-state index contributed by atoms with van der Waals surface area (Å²) in [6.07, 6.45) is 0.284. The molecule has 3 rings (SSSR count). The summed E-state index contributed by atoms with van der Waals surface area (Å²) in [7, 11) is 0. The summed E-state index contributed by atoms with van der Waals surface area (Å²) in [6, 6.07) is 6.51. The van der Waals surface area contributed by atoms with Crippen molar-refractivity contribution in [2.75, 3.05) is 13.1 Å². The molecule has 2 atom stereocenters. The Hall–Kier alpha value is -1.62. The van der Waals surface area contributed by atoms with Crippen LogP contribution in [0.1, 0.15) is 32.8 Å². The van der Waals surface area contributed by atoms with Gasteiger partial charge in [0.2, 0.25) is 0 Å². The minimum Gasteiger partial charge on any atom is -0.444 e. The molecule has 0 spiro atoms. The van der Waals surface area contributed by atoms with Gasteiger partial charge in [0.05, 0.1) is 6.54 Å². The van der Waals surface area contributed by atoms with Crippen molar-refractivity contribution < 1.29 is 18.7 Å². The highest BCUT2D eigenvalue weighted by Gasteiger charge is 2.60. The molecular formula is C16H20FNO3. The number of likely N-dealkylation sites (tertiary alicyclic amines) is 1. The van der Waals surface area contributed by atoms with Gasteiger partial charge in [-0.2, -0.15) is 0 Å². The Labute approximate surface area is 123 Å². The quantitative estimate of drug-likeness (QED) is 0.747. The molecule has 114 valence electrons. The van der Waals surface area contributed by atoms with Crippen molar-refractivity contribution in [3.63, 3.8) is 0 Å². The van der Waals surface area contributed by atoms with Crippen molar-refractivity contribution in [2.24, 2.45) is 0 Å². The number of fused-ring (bicyclic) bond motifs is 1. The Morgan fingerprint density at radius 2 is 2.24 bits per heavy atom. The van der Waals surface area contributed by atoms with E-state index in [-0.39, 0.29) is 18.0 Å². The van der Waals surface area contributed by atoms with E-state index in [4.69, 9.17) is 9.47 Å². The zero-order valence-corrected chi connectivity index (χ0v) is 12.6. The Morgan fingerprint density at radius 3 is 2.86 bits per heavy atom. The van der Waals surface area contributed by atoms with Crippen molar-refractivity contribution >= 4 is 6.09 Å². The van der Waals surface area contributed by atoms with E-state index < -0.39 is 11.2 Å². The van der Waals surface area contributed by atoms with Gasteiger partial charge >= 0.3 is 6.09 Å². The second-order valence-corrected chi connectivity index (χ2v) is 6.68. The van der Waals surface area contributed by atoms with Crippen LogP contribution in [0.4, 0.5) is 9.18 Å².